The second kappa shape index (κ2) is 10.4. The molecule has 2 aromatic carbocycles. The van der Waals surface area contributed by atoms with Gasteiger partial charge < -0.3 is 9.84 Å². The van der Waals surface area contributed by atoms with Gasteiger partial charge in [-0.15, -0.1) is 0 Å². The molecule has 2 rings (SSSR count). The summed E-state index contributed by atoms with van der Waals surface area (Å²) in [5.74, 6) is -0.980. The molecule has 0 saturated heterocycles. The smallest absolute Gasteiger partial charge is 0.307 e. The minimum Gasteiger partial charge on any atom is -0.460 e. The summed E-state index contributed by atoms with van der Waals surface area (Å²) in [6, 6.07) is 15.1. The monoisotopic (exact) mass is 447 g/mol. The minimum absolute atomic E-state index is 0.0782. The molecule has 0 saturated carbocycles. The fourth-order valence-corrected chi connectivity index (χ4v) is 4.96. The molecule has 2 aromatic rings. The molecule has 0 fully saturated rings. The van der Waals surface area contributed by atoms with Gasteiger partial charge in [-0.2, -0.15) is 4.31 Å². The average molecular weight is 448 g/mol. The van der Waals surface area contributed by atoms with Crippen LogP contribution in [-0.2, 0) is 26.1 Å². The third-order valence-corrected chi connectivity index (χ3v) is 6.80. The van der Waals surface area contributed by atoms with Crippen LogP contribution < -0.4 is 0 Å². The number of hydrogen-bond acceptors (Lipinski definition) is 5. The standard InChI is InChI=1S/C24H33NO5S/c1-18-11-13-21(14-12-18)31(28,29)25(16-20-9-7-6-8-10-20)22(19(2)17-26)15-23(27)30-24(3,4)5/h6-14,19,22,26H,15-17H2,1-5H3/t19-,22-/m0/s1. The summed E-state index contributed by atoms with van der Waals surface area (Å²) in [7, 11) is -3.95. The first kappa shape index (κ1) is 25.0. The Bertz CT molecular complexity index is 950. The highest BCUT2D eigenvalue weighted by Crippen LogP contribution is 2.27. The third-order valence-electron chi connectivity index (χ3n) is 4.92. The summed E-state index contributed by atoms with van der Waals surface area (Å²) in [4.78, 5) is 12.8. The Kier molecular flexibility index (Phi) is 8.40. The first-order valence-electron chi connectivity index (χ1n) is 10.4. The quantitative estimate of drug-likeness (QED) is 0.589. The first-order valence-corrected chi connectivity index (χ1v) is 11.8. The van der Waals surface area contributed by atoms with Gasteiger partial charge in [0.05, 0.1) is 11.3 Å². The molecule has 0 heterocycles. The van der Waals surface area contributed by atoms with Crippen LogP contribution in [-0.4, -0.2) is 42.0 Å². The number of aliphatic hydroxyl groups excluding tert-OH is 1. The van der Waals surface area contributed by atoms with Crippen LogP contribution in [0, 0.1) is 12.8 Å². The molecule has 0 aliphatic heterocycles. The van der Waals surface area contributed by atoms with E-state index >= 15 is 0 Å². The number of aryl methyl sites for hydroxylation is 1. The van der Waals surface area contributed by atoms with E-state index in [2.05, 4.69) is 0 Å². The molecule has 0 unspecified atom stereocenters. The normalized spacial score (nSPS) is 14.3. The molecule has 0 amide bonds. The van der Waals surface area contributed by atoms with Crippen LogP contribution in [0.1, 0.15) is 45.2 Å². The van der Waals surface area contributed by atoms with Crippen molar-refractivity contribution in [3.8, 4) is 0 Å². The molecular weight excluding hydrogens is 414 g/mol. The molecule has 0 aliphatic rings. The van der Waals surface area contributed by atoms with E-state index in [9.17, 15) is 18.3 Å². The largest absolute Gasteiger partial charge is 0.460 e. The summed E-state index contributed by atoms with van der Waals surface area (Å²) < 4.78 is 34.1. The second-order valence-electron chi connectivity index (χ2n) is 8.87. The Morgan fingerprint density at radius 1 is 1.06 bits per heavy atom. The Labute approximate surface area is 185 Å². The lowest BCUT2D eigenvalue weighted by molar-refractivity contribution is -0.156. The molecular formula is C24H33NO5S. The molecule has 0 radical (unpaired) electrons. The van der Waals surface area contributed by atoms with E-state index in [-0.39, 0.29) is 24.5 Å². The third kappa shape index (κ3) is 7.16. The number of sulfonamides is 1. The van der Waals surface area contributed by atoms with Crippen LogP contribution in [0.15, 0.2) is 59.5 Å². The molecule has 0 bridgehead atoms. The fourth-order valence-electron chi connectivity index (χ4n) is 3.25. The van der Waals surface area contributed by atoms with Crippen molar-refractivity contribution in [3.05, 3.63) is 65.7 Å². The van der Waals surface area contributed by atoms with Crippen molar-refractivity contribution in [1.29, 1.82) is 0 Å². The molecule has 31 heavy (non-hydrogen) atoms. The number of carbonyl (C=O) groups is 1. The van der Waals surface area contributed by atoms with Gasteiger partial charge in [0, 0.05) is 19.2 Å². The van der Waals surface area contributed by atoms with E-state index in [1.165, 1.54) is 4.31 Å². The van der Waals surface area contributed by atoms with Gasteiger partial charge in [-0.05, 0) is 51.3 Å². The summed E-state index contributed by atoms with van der Waals surface area (Å²) in [5, 5.41) is 9.86. The van der Waals surface area contributed by atoms with Gasteiger partial charge in [0.15, 0.2) is 0 Å². The van der Waals surface area contributed by atoms with Gasteiger partial charge in [-0.3, -0.25) is 4.79 Å². The first-order chi connectivity index (χ1) is 14.4. The highest BCUT2D eigenvalue weighted by Gasteiger charge is 2.37. The number of rotatable bonds is 9. The Morgan fingerprint density at radius 2 is 1.65 bits per heavy atom. The predicted molar refractivity (Wildman–Crippen MR) is 121 cm³/mol. The van der Waals surface area contributed by atoms with Gasteiger partial charge in [0.2, 0.25) is 10.0 Å². The van der Waals surface area contributed by atoms with E-state index in [0.717, 1.165) is 11.1 Å². The second-order valence-corrected chi connectivity index (χ2v) is 10.8. The maximum Gasteiger partial charge on any atom is 0.307 e. The zero-order valence-corrected chi connectivity index (χ0v) is 19.7. The molecule has 7 heteroatoms. The van der Waals surface area contributed by atoms with Gasteiger partial charge in [-0.1, -0.05) is 55.0 Å². The Balaban J connectivity index is 2.50. The summed E-state index contributed by atoms with van der Waals surface area (Å²) in [6.45, 7) is 8.73. The van der Waals surface area contributed by atoms with E-state index in [4.69, 9.17) is 4.74 Å². The summed E-state index contributed by atoms with van der Waals surface area (Å²) >= 11 is 0. The molecule has 0 aliphatic carbocycles. The lowest BCUT2D eigenvalue weighted by Gasteiger charge is -2.34. The van der Waals surface area contributed by atoms with Crippen LogP contribution in [0.2, 0.25) is 0 Å². The van der Waals surface area contributed by atoms with Gasteiger partial charge in [0.1, 0.15) is 5.60 Å². The summed E-state index contributed by atoms with van der Waals surface area (Å²) in [6.07, 6.45) is -0.156. The highest BCUT2D eigenvalue weighted by atomic mass is 32.2. The van der Waals surface area contributed by atoms with Gasteiger partial charge >= 0.3 is 5.97 Å². The fraction of sp³-hybridized carbons (Fsp3) is 0.458. The molecule has 1 N–H and O–H groups in total. The molecule has 2 atom stereocenters. The number of ether oxygens (including phenoxy) is 1. The van der Waals surface area contributed by atoms with E-state index < -0.39 is 33.6 Å². The van der Waals surface area contributed by atoms with E-state index in [0.29, 0.717) is 0 Å². The van der Waals surface area contributed by atoms with Crippen LogP contribution in [0.4, 0.5) is 0 Å². The van der Waals surface area contributed by atoms with Crippen molar-refractivity contribution in [2.75, 3.05) is 6.61 Å². The summed E-state index contributed by atoms with van der Waals surface area (Å²) in [5.41, 5.74) is 1.05. The van der Waals surface area contributed by atoms with Crippen molar-refractivity contribution in [2.24, 2.45) is 5.92 Å². The van der Waals surface area contributed by atoms with Crippen LogP contribution in [0.3, 0.4) is 0 Å². The minimum atomic E-state index is -3.95. The zero-order chi connectivity index (χ0) is 23.2. The lowest BCUT2D eigenvalue weighted by Crippen LogP contribution is -2.46. The number of esters is 1. The molecule has 170 valence electrons. The molecule has 6 nitrogen and oxygen atoms in total. The van der Waals surface area contributed by atoms with Crippen molar-refractivity contribution in [1.82, 2.24) is 4.31 Å². The van der Waals surface area contributed by atoms with Crippen molar-refractivity contribution < 1.29 is 23.1 Å². The number of hydrogen-bond donors (Lipinski definition) is 1. The van der Waals surface area contributed by atoms with E-state index in [1.54, 1.807) is 52.0 Å². The van der Waals surface area contributed by atoms with Crippen LogP contribution in [0.25, 0.3) is 0 Å². The SMILES string of the molecule is Cc1ccc(S(=O)(=O)N(Cc2ccccc2)[C@@H](CC(=O)OC(C)(C)C)[C@@H](C)CO)cc1. The molecule has 0 aromatic heterocycles. The van der Waals surface area contributed by atoms with Crippen molar-refractivity contribution >= 4 is 16.0 Å². The lowest BCUT2D eigenvalue weighted by atomic mass is 9.99. The van der Waals surface area contributed by atoms with Gasteiger partial charge in [0.25, 0.3) is 0 Å². The zero-order valence-electron chi connectivity index (χ0n) is 18.9. The number of carbonyl (C=O) groups excluding carboxylic acids is 1. The Hall–Kier alpha value is -2.22. The van der Waals surface area contributed by atoms with Crippen molar-refractivity contribution in [3.63, 3.8) is 0 Å². The Morgan fingerprint density at radius 3 is 2.16 bits per heavy atom. The maximum absolute atomic E-state index is 13.7. The number of aliphatic hydroxyl groups is 1. The average Bonchev–Trinajstić information content (AvgIpc) is 2.69. The van der Waals surface area contributed by atoms with Crippen LogP contribution >= 0.6 is 0 Å². The van der Waals surface area contributed by atoms with Crippen molar-refractivity contribution in [2.45, 2.75) is 64.1 Å². The highest BCUT2D eigenvalue weighted by molar-refractivity contribution is 7.89. The topological polar surface area (TPSA) is 83.9 Å². The molecule has 0 spiro atoms. The van der Waals surface area contributed by atoms with Gasteiger partial charge in [-0.25, -0.2) is 8.42 Å². The van der Waals surface area contributed by atoms with E-state index in [1.807, 2.05) is 37.3 Å². The number of nitrogens with zero attached hydrogens (tertiary/aromatic N) is 1. The predicted octanol–water partition coefficient (Wildman–Crippen LogP) is 3.91. The maximum atomic E-state index is 13.7. The van der Waals surface area contributed by atoms with Crippen LogP contribution in [0.5, 0.6) is 0 Å². The number of benzene rings is 2.